The largest absolute Gasteiger partial charge is 0.397 e. The van der Waals surface area contributed by atoms with Gasteiger partial charge in [-0.2, -0.15) is 0 Å². The Morgan fingerprint density at radius 1 is 1.47 bits per heavy atom. The number of nitrogen functional groups attached to an aromatic ring is 1. The van der Waals surface area contributed by atoms with Gasteiger partial charge in [0.2, 0.25) is 0 Å². The molecule has 0 unspecified atom stereocenters. The van der Waals surface area contributed by atoms with Crippen molar-refractivity contribution >= 4 is 17.3 Å². The summed E-state index contributed by atoms with van der Waals surface area (Å²) in [6.45, 7) is 8.90. The third-order valence-corrected chi connectivity index (χ3v) is 2.23. The lowest BCUT2D eigenvalue weighted by Crippen LogP contribution is -2.22. The van der Waals surface area contributed by atoms with Crippen molar-refractivity contribution in [1.82, 2.24) is 5.32 Å². The number of hydrogen-bond donors (Lipinski definition) is 3. The number of rotatable bonds is 5. The van der Waals surface area contributed by atoms with Crippen LogP contribution in [0, 0.1) is 0 Å². The fourth-order valence-electron chi connectivity index (χ4n) is 1.37. The maximum atomic E-state index is 11.6. The molecule has 0 bridgehead atoms. The smallest absolute Gasteiger partial charge is 0.251 e. The quantitative estimate of drug-likeness (QED) is 0.538. The van der Waals surface area contributed by atoms with Gasteiger partial charge in [-0.3, -0.25) is 4.79 Å². The van der Waals surface area contributed by atoms with Crippen molar-refractivity contribution in [1.29, 1.82) is 0 Å². The fourth-order valence-corrected chi connectivity index (χ4v) is 1.37. The van der Waals surface area contributed by atoms with Gasteiger partial charge in [-0.05, 0) is 32.0 Å². The van der Waals surface area contributed by atoms with E-state index in [1.54, 1.807) is 12.1 Å². The molecular weight excluding hydrogens is 214 g/mol. The zero-order valence-corrected chi connectivity index (χ0v) is 10.3. The number of benzene rings is 1. The van der Waals surface area contributed by atoms with Crippen LogP contribution >= 0.6 is 0 Å². The zero-order valence-electron chi connectivity index (χ0n) is 10.3. The van der Waals surface area contributed by atoms with Crippen LogP contribution in [0.4, 0.5) is 11.4 Å². The van der Waals surface area contributed by atoms with Gasteiger partial charge < -0.3 is 16.4 Å². The Kier molecular flexibility index (Phi) is 4.57. The molecule has 4 N–H and O–H groups in total. The molecule has 0 aliphatic rings. The number of anilines is 2. The Labute approximate surface area is 102 Å². The summed E-state index contributed by atoms with van der Waals surface area (Å²) >= 11 is 0. The van der Waals surface area contributed by atoms with Crippen LogP contribution in [0.15, 0.2) is 30.4 Å². The van der Waals surface area contributed by atoms with Gasteiger partial charge in [0.05, 0.1) is 11.4 Å². The van der Waals surface area contributed by atoms with Crippen molar-refractivity contribution in [2.45, 2.75) is 13.8 Å². The third kappa shape index (κ3) is 3.83. The van der Waals surface area contributed by atoms with Gasteiger partial charge in [0, 0.05) is 18.7 Å². The second kappa shape index (κ2) is 5.94. The van der Waals surface area contributed by atoms with Gasteiger partial charge in [0.1, 0.15) is 0 Å². The maximum absolute atomic E-state index is 11.6. The lowest BCUT2D eigenvalue weighted by atomic mass is 10.1. The number of carbonyl (C=O) groups is 1. The van der Waals surface area contributed by atoms with Gasteiger partial charge in [-0.15, -0.1) is 0 Å². The van der Waals surface area contributed by atoms with Gasteiger partial charge >= 0.3 is 0 Å². The van der Waals surface area contributed by atoms with Crippen molar-refractivity contribution in [3.8, 4) is 0 Å². The molecule has 0 saturated heterocycles. The topological polar surface area (TPSA) is 67.2 Å². The van der Waals surface area contributed by atoms with Crippen LogP contribution in [0.2, 0.25) is 0 Å². The Morgan fingerprint density at radius 2 is 2.18 bits per heavy atom. The summed E-state index contributed by atoms with van der Waals surface area (Å²) in [6, 6.07) is 5.23. The molecule has 0 fully saturated rings. The highest BCUT2D eigenvalue weighted by Gasteiger charge is 2.06. The Hall–Kier alpha value is -1.97. The Morgan fingerprint density at radius 3 is 2.71 bits per heavy atom. The number of hydrogen-bond acceptors (Lipinski definition) is 3. The van der Waals surface area contributed by atoms with Crippen LogP contribution in [0.5, 0.6) is 0 Å². The van der Waals surface area contributed by atoms with E-state index in [1.165, 1.54) is 0 Å². The number of carbonyl (C=O) groups excluding carboxylic acids is 1. The molecule has 1 aromatic rings. The summed E-state index contributed by atoms with van der Waals surface area (Å²) in [5, 5.41) is 5.88. The van der Waals surface area contributed by atoms with Gasteiger partial charge in [-0.1, -0.05) is 12.2 Å². The van der Waals surface area contributed by atoms with E-state index in [2.05, 4.69) is 17.2 Å². The molecule has 0 aromatic heterocycles. The van der Waals surface area contributed by atoms with Crippen LogP contribution < -0.4 is 16.4 Å². The maximum Gasteiger partial charge on any atom is 0.251 e. The SMILES string of the molecule is C=C(C)CNc1ccc(C(=O)NCC)cc1N. The molecule has 4 heteroatoms. The van der Waals surface area contributed by atoms with E-state index < -0.39 is 0 Å². The van der Waals surface area contributed by atoms with Crippen LogP contribution in [0.1, 0.15) is 24.2 Å². The molecule has 4 nitrogen and oxygen atoms in total. The second-order valence-corrected chi connectivity index (χ2v) is 3.97. The normalized spacial score (nSPS) is 9.76. The van der Waals surface area contributed by atoms with E-state index in [0.717, 1.165) is 11.3 Å². The molecule has 0 atom stereocenters. The van der Waals surface area contributed by atoms with E-state index in [9.17, 15) is 4.79 Å². The predicted octanol–water partition coefficient (Wildman–Crippen LogP) is 2.01. The average molecular weight is 233 g/mol. The minimum atomic E-state index is -0.106. The van der Waals surface area contributed by atoms with Gasteiger partial charge in [-0.25, -0.2) is 0 Å². The van der Waals surface area contributed by atoms with Crippen molar-refractivity contribution in [3.05, 3.63) is 35.9 Å². The van der Waals surface area contributed by atoms with Crippen LogP contribution in [0.25, 0.3) is 0 Å². The molecule has 0 aliphatic heterocycles. The first-order valence-corrected chi connectivity index (χ1v) is 5.60. The highest BCUT2D eigenvalue weighted by molar-refractivity contribution is 5.96. The lowest BCUT2D eigenvalue weighted by Gasteiger charge is -2.10. The summed E-state index contributed by atoms with van der Waals surface area (Å²) in [6.07, 6.45) is 0. The molecule has 0 aliphatic carbocycles. The van der Waals surface area contributed by atoms with Crippen LogP contribution in [-0.4, -0.2) is 19.0 Å². The first-order valence-electron chi connectivity index (χ1n) is 5.60. The highest BCUT2D eigenvalue weighted by Crippen LogP contribution is 2.20. The summed E-state index contributed by atoms with van der Waals surface area (Å²) in [5.74, 6) is -0.106. The molecule has 0 radical (unpaired) electrons. The summed E-state index contributed by atoms with van der Waals surface area (Å²) in [7, 11) is 0. The molecular formula is C13H19N3O. The molecule has 17 heavy (non-hydrogen) atoms. The minimum Gasteiger partial charge on any atom is -0.397 e. The molecule has 92 valence electrons. The molecule has 1 amide bonds. The molecule has 0 spiro atoms. The molecule has 1 rings (SSSR count). The highest BCUT2D eigenvalue weighted by atomic mass is 16.1. The van der Waals surface area contributed by atoms with E-state index in [-0.39, 0.29) is 5.91 Å². The van der Waals surface area contributed by atoms with E-state index >= 15 is 0 Å². The Balaban J connectivity index is 2.78. The predicted molar refractivity (Wildman–Crippen MR) is 72.2 cm³/mol. The standard InChI is InChI=1S/C13H19N3O/c1-4-15-13(17)10-5-6-12(11(14)7-10)16-8-9(2)3/h5-7,16H,2,4,8,14H2,1,3H3,(H,15,17). The molecule has 0 saturated carbocycles. The summed E-state index contributed by atoms with van der Waals surface area (Å²) < 4.78 is 0. The fraction of sp³-hybridized carbons (Fsp3) is 0.308. The average Bonchev–Trinajstić information content (AvgIpc) is 2.27. The van der Waals surface area contributed by atoms with Gasteiger partial charge in [0.15, 0.2) is 0 Å². The first-order chi connectivity index (χ1) is 8.04. The van der Waals surface area contributed by atoms with E-state index in [0.29, 0.717) is 24.3 Å². The third-order valence-electron chi connectivity index (χ3n) is 2.23. The van der Waals surface area contributed by atoms with Gasteiger partial charge in [0.25, 0.3) is 5.91 Å². The minimum absolute atomic E-state index is 0.106. The number of nitrogens with two attached hydrogens (primary N) is 1. The molecule has 1 aromatic carbocycles. The van der Waals surface area contributed by atoms with Crippen molar-refractivity contribution in [3.63, 3.8) is 0 Å². The van der Waals surface area contributed by atoms with Crippen LogP contribution in [-0.2, 0) is 0 Å². The Bertz CT molecular complexity index is 427. The molecule has 0 heterocycles. The number of amides is 1. The van der Waals surface area contributed by atoms with Crippen molar-refractivity contribution in [2.24, 2.45) is 0 Å². The van der Waals surface area contributed by atoms with Crippen molar-refractivity contribution in [2.75, 3.05) is 24.1 Å². The van der Waals surface area contributed by atoms with E-state index in [4.69, 9.17) is 5.73 Å². The van der Waals surface area contributed by atoms with E-state index in [1.807, 2.05) is 19.9 Å². The summed E-state index contributed by atoms with van der Waals surface area (Å²) in [4.78, 5) is 11.6. The summed E-state index contributed by atoms with van der Waals surface area (Å²) in [5.41, 5.74) is 8.85. The monoisotopic (exact) mass is 233 g/mol. The first kappa shape index (κ1) is 13.1. The van der Waals surface area contributed by atoms with Crippen molar-refractivity contribution < 1.29 is 4.79 Å². The zero-order chi connectivity index (χ0) is 12.8. The van der Waals surface area contributed by atoms with Crippen LogP contribution in [0.3, 0.4) is 0 Å². The number of nitrogens with one attached hydrogen (secondary N) is 2. The lowest BCUT2D eigenvalue weighted by molar-refractivity contribution is 0.0956. The second-order valence-electron chi connectivity index (χ2n) is 3.97.